The van der Waals surface area contributed by atoms with Gasteiger partial charge < -0.3 is 4.74 Å². The standard InChI is InChI=1S/C10H12N4O/c1-2-7-15-10-5-3-9(4-6-10)14-8-11-12-13-14/h3-6,8H,2,7H2,1H3. The molecular weight excluding hydrogens is 192 g/mol. The van der Waals surface area contributed by atoms with E-state index in [1.165, 1.54) is 0 Å². The Bertz CT molecular complexity index is 396. The van der Waals surface area contributed by atoms with Crippen LogP contribution in [-0.4, -0.2) is 26.8 Å². The maximum atomic E-state index is 5.47. The molecule has 0 unspecified atom stereocenters. The third-order valence-electron chi connectivity index (χ3n) is 1.92. The topological polar surface area (TPSA) is 52.8 Å². The first kappa shape index (κ1) is 9.64. The van der Waals surface area contributed by atoms with Crippen molar-refractivity contribution < 1.29 is 4.74 Å². The Hall–Kier alpha value is -1.91. The van der Waals surface area contributed by atoms with E-state index in [0.29, 0.717) is 0 Å². The Labute approximate surface area is 87.7 Å². The van der Waals surface area contributed by atoms with Crippen LogP contribution < -0.4 is 4.74 Å². The lowest BCUT2D eigenvalue weighted by Gasteiger charge is -2.04. The van der Waals surface area contributed by atoms with Crippen LogP contribution in [0.5, 0.6) is 5.75 Å². The van der Waals surface area contributed by atoms with Gasteiger partial charge in [0.25, 0.3) is 0 Å². The zero-order chi connectivity index (χ0) is 10.5. The molecule has 15 heavy (non-hydrogen) atoms. The van der Waals surface area contributed by atoms with E-state index in [-0.39, 0.29) is 0 Å². The summed E-state index contributed by atoms with van der Waals surface area (Å²) in [7, 11) is 0. The lowest BCUT2D eigenvalue weighted by atomic mass is 10.3. The Morgan fingerprint density at radius 1 is 1.27 bits per heavy atom. The molecule has 2 rings (SSSR count). The Kier molecular flexibility index (Phi) is 2.92. The molecule has 78 valence electrons. The first-order valence-corrected chi connectivity index (χ1v) is 4.86. The van der Waals surface area contributed by atoms with E-state index in [0.717, 1.165) is 24.5 Å². The highest BCUT2D eigenvalue weighted by Crippen LogP contribution is 2.14. The third kappa shape index (κ3) is 2.31. The van der Waals surface area contributed by atoms with E-state index in [9.17, 15) is 0 Å². The second-order valence-corrected chi connectivity index (χ2v) is 3.10. The minimum atomic E-state index is 0.740. The largest absolute Gasteiger partial charge is 0.494 e. The molecule has 2 aromatic rings. The lowest BCUT2D eigenvalue weighted by Crippen LogP contribution is -1.97. The molecule has 0 spiro atoms. The molecule has 0 aliphatic rings. The van der Waals surface area contributed by atoms with Crippen molar-refractivity contribution in [1.82, 2.24) is 20.2 Å². The molecule has 0 aliphatic carbocycles. The molecular formula is C10H12N4O. The average molecular weight is 204 g/mol. The highest BCUT2D eigenvalue weighted by Gasteiger charge is 1.98. The highest BCUT2D eigenvalue weighted by atomic mass is 16.5. The molecule has 1 aromatic heterocycles. The molecule has 0 saturated heterocycles. The van der Waals surface area contributed by atoms with Crippen molar-refractivity contribution >= 4 is 0 Å². The number of ether oxygens (including phenoxy) is 1. The van der Waals surface area contributed by atoms with Gasteiger partial charge in [-0.05, 0) is 41.1 Å². The number of aromatic nitrogens is 4. The summed E-state index contributed by atoms with van der Waals surface area (Å²) in [5, 5.41) is 10.9. The molecule has 0 aliphatic heterocycles. The molecule has 0 amide bonds. The predicted molar refractivity (Wildman–Crippen MR) is 54.9 cm³/mol. The summed E-state index contributed by atoms with van der Waals surface area (Å²) in [4.78, 5) is 0. The third-order valence-corrected chi connectivity index (χ3v) is 1.92. The lowest BCUT2D eigenvalue weighted by molar-refractivity contribution is 0.317. The van der Waals surface area contributed by atoms with Gasteiger partial charge in [0.15, 0.2) is 0 Å². The van der Waals surface area contributed by atoms with Gasteiger partial charge in [-0.3, -0.25) is 0 Å². The summed E-state index contributed by atoms with van der Waals surface area (Å²) in [5.74, 6) is 0.869. The number of hydrogen-bond donors (Lipinski definition) is 0. The zero-order valence-corrected chi connectivity index (χ0v) is 8.50. The van der Waals surface area contributed by atoms with Crippen LogP contribution in [0.25, 0.3) is 5.69 Å². The quantitative estimate of drug-likeness (QED) is 0.756. The average Bonchev–Trinajstić information content (AvgIpc) is 2.80. The second kappa shape index (κ2) is 4.54. The second-order valence-electron chi connectivity index (χ2n) is 3.10. The SMILES string of the molecule is CCCOc1ccc(-n2cnnn2)cc1. The van der Waals surface area contributed by atoms with Gasteiger partial charge in [0.2, 0.25) is 0 Å². The van der Waals surface area contributed by atoms with E-state index in [1.54, 1.807) is 11.0 Å². The van der Waals surface area contributed by atoms with Crippen molar-refractivity contribution in [2.45, 2.75) is 13.3 Å². The van der Waals surface area contributed by atoms with Gasteiger partial charge in [-0.2, -0.15) is 0 Å². The number of nitrogens with zero attached hydrogens (tertiary/aromatic N) is 4. The summed E-state index contributed by atoms with van der Waals surface area (Å²) < 4.78 is 7.07. The molecule has 0 bridgehead atoms. The number of benzene rings is 1. The molecule has 0 radical (unpaired) electrons. The number of tetrazole rings is 1. The first-order valence-electron chi connectivity index (χ1n) is 4.86. The van der Waals surface area contributed by atoms with Crippen LogP contribution >= 0.6 is 0 Å². The summed E-state index contributed by atoms with van der Waals surface area (Å²) in [6, 6.07) is 7.65. The van der Waals surface area contributed by atoms with E-state index in [4.69, 9.17) is 4.74 Å². The maximum Gasteiger partial charge on any atom is 0.143 e. The van der Waals surface area contributed by atoms with Gasteiger partial charge in [-0.15, -0.1) is 5.10 Å². The first-order chi connectivity index (χ1) is 7.40. The van der Waals surface area contributed by atoms with Crippen molar-refractivity contribution in [3.8, 4) is 11.4 Å². The van der Waals surface area contributed by atoms with Gasteiger partial charge >= 0.3 is 0 Å². The van der Waals surface area contributed by atoms with Crippen LogP contribution in [0.4, 0.5) is 0 Å². The molecule has 0 fully saturated rings. The molecule has 5 heteroatoms. The van der Waals surface area contributed by atoms with E-state index in [2.05, 4.69) is 22.4 Å². The highest BCUT2D eigenvalue weighted by molar-refractivity contribution is 5.36. The summed E-state index contributed by atoms with van der Waals surface area (Å²) in [6.45, 7) is 2.82. The Morgan fingerprint density at radius 2 is 2.07 bits per heavy atom. The summed E-state index contributed by atoms with van der Waals surface area (Å²) in [5.41, 5.74) is 0.920. The fraction of sp³-hybridized carbons (Fsp3) is 0.300. The zero-order valence-electron chi connectivity index (χ0n) is 8.50. The van der Waals surface area contributed by atoms with Crippen molar-refractivity contribution in [3.63, 3.8) is 0 Å². The van der Waals surface area contributed by atoms with Crippen LogP contribution in [0.2, 0.25) is 0 Å². The fourth-order valence-corrected chi connectivity index (χ4v) is 1.19. The fourth-order valence-electron chi connectivity index (χ4n) is 1.19. The van der Waals surface area contributed by atoms with Gasteiger partial charge in [-0.1, -0.05) is 6.92 Å². The summed E-state index contributed by atoms with van der Waals surface area (Å²) >= 11 is 0. The molecule has 1 heterocycles. The van der Waals surface area contributed by atoms with Gasteiger partial charge in [0, 0.05) is 0 Å². The summed E-state index contributed by atoms with van der Waals surface area (Å²) in [6.07, 6.45) is 2.57. The minimum absolute atomic E-state index is 0.740. The normalized spacial score (nSPS) is 10.2. The number of hydrogen-bond acceptors (Lipinski definition) is 4. The Morgan fingerprint density at radius 3 is 2.67 bits per heavy atom. The van der Waals surface area contributed by atoms with Crippen LogP contribution in [0.1, 0.15) is 13.3 Å². The van der Waals surface area contributed by atoms with E-state index in [1.807, 2.05) is 24.3 Å². The van der Waals surface area contributed by atoms with Crippen molar-refractivity contribution in [3.05, 3.63) is 30.6 Å². The van der Waals surface area contributed by atoms with Crippen LogP contribution in [0, 0.1) is 0 Å². The van der Waals surface area contributed by atoms with Gasteiger partial charge in [0.1, 0.15) is 12.1 Å². The van der Waals surface area contributed by atoms with Gasteiger partial charge in [-0.25, -0.2) is 4.68 Å². The van der Waals surface area contributed by atoms with Crippen molar-refractivity contribution in [2.24, 2.45) is 0 Å². The van der Waals surface area contributed by atoms with Crippen LogP contribution in [-0.2, 0) is 0 Å². The maximum absolute atomic E-state index is 5.47. The minimum Gasteiger partial charge on any atom is -0.494 e. The Balaban J connectivity index is 2.11. The number of rotatable bonds is 4. The van der Waals surface area contributed by atoms with E-state index >= 15 is 0 Å². The monoisotopic (exact) mass is 204 g/mol. The van der Waals surface area contributed by atoms with Gasteiger partial charge in [0.05, 0.1) is 12.3 Å². The molecule has 5 nitrogen and oxygen atoms in total. The van der Waals surface area contributed by atoms with Crippen LogP contribution in [0.15, 0.2) is 30.6 Å². The molecule has 0 atom stereocenters. The predicted octanol–water partition coefficient (Wildman–Crippen LogP) is 1.45. The van der Waals surface area contributed by atoms with Crippen LogP contribution in [0.3, 0.4) is 0 Å². The van der Waals surface area contributed by atoms with Crippen molar-refractivity contribution in [2.75, 3.05) is 6.61 Å². The van der Waals surface area contributed by atoms with E-state index < -0.39 is 0 Å². The molecule has 1 aromatic carbocycles. The molecule has 0 saturated carbocycles. The molecule has 0 N–H and O–H groups in total. The van der Waals surface area contributed by atoms with Crippen molar-refractivity contribution in [1.29, 1.82) is 0 Å². The smallest absolute Gasteiger partial charge is 0.143 e.